The van der Waals surface area contributed by atoms with Crippen molar-refractivity contribution in [1.29, 1.82) is 0 Å². The van der Waals surface area contributed by atoms with Crippen molar-refractivity contribution in [3.05, 3.63) is 65.0 Å². The Morgan fingerprint density at radius 3 is 2.44 bits per heavy atom. The molecule has 0 atom stereocenters. The Kier molecular flexibility index (Phi) is 4.65. The standard InChI is InChI=1S/C20H21N3O2/c1-3-7-17-18(13(2)24)15-10-11-16(19(21)25)22-20(15)23(17)12-14-8-5-4-6-9-14/h4-6,8-11H,3,7,12H2,1-2H3,(H2,21,25). The lowest BCUT2D eigenvalue weighted by Crippen LogP contribution is -2.14. The number of amides is 1. The average molecular weight is 335 g/mol. The van der Waals surface area contributed by atoms with E-state index < -0.39 is 5.91 Å². The quantitative estimate of drug-likeness (QED) is 0.702. The number of pyridine rings is 1. The van der Waals surface area contributed by atoms with Gasteiger partial charge in [-0.3, -0.25) is 9.59 Å². The minimum absolute atomic E-state index is 0.00823. The van der Waals surface area contributed by atoms with Crippen LogP contribution in [0.3, 0.4) is 0 Å². The number of rotatable bonds is 6. The summed E-state index contributed by atoms with van der Waals surface area (Å²) in [5, 5.41) is 0.775. The van der Waals surface area contributed by atoms with E-state index in [0.29, 0.717) is 17.8 Å². The Labute approximate surface area is 146 Å². The lowest BCUT2D eigenvalue weighted by molar-refractivity contribution is 0.0993. The van der Waals surface area contributed by atoms with Gasteiger partial charge >= 0.3 is 0 Å². The molecule has 0 spiro atoms. The summed E-state index contributed by atoms with van der Waals surface area (Å²) >= 11 is 0. The molecule has 0 aliphatic carbocycles. The van der Waals surface area contributed by atoms with E-state index in [0.717, 1.165) is 29.5 Å². The molecule has 0 aliphatic heterocycles. The molecule has 2 aromatic heterocycles. The number of hydrogen-bond acceptors (Lipinski definition) is 3. The maximum absolute atomic E-state index is 12.3. The number of aromatic nitrogens is 2. The van der Waals surface area contributed by atoms with E-state index in [4.69, 9.17) is 5.73 Å². The van der Waals surface area contributed by atoms with Gasteiger partial charge in [0.05, 0.1) is 0 Å². The van der Waals surface area contributed by atoms with E-state index >= 15 is 0 Å². The zero-order valence-corrected chi connectivity index (χ0v) is 14.5. The number of fused-ring (bicyclic) bond motifs is 1. The predicted octanol–water partition coefficient (Wildman–Crippen LogP) is 3.34. The highest BCUT2D eigenvalue weighted by molar-refractivity contribution is 6.08. The van der Waals surface area contributed by atoms with Crippen LogP contribution in [-0.4, -0.2) is 21.2 Å². The van der Waals surface area contributed by atoms with Gasteiger partial charge in [-0.25, -0.2) is 4.98 Å². The largest absolute Gasteiger partial charge is 0.364 e. The summed E-state index contributed by atoms with van der Waals surface area (Å²) in [5.74, 6) is -0.565. The van der Waals surface area contributed by atoms with E-state index in [1.54, 1.807) is 19.1 Å². The van der Waals surface area contributed by atoms with Crippen molar-refractivity contribution in [2.24, 2.45) is 5.73 Å². The van der Waals surface area contributed by atoms with Crippen LogP contribution in [0.4, 0.5) is 0 Å². The van der Waals surface area contributed by atoms with Crippen LogP contribution in [-0.2, 0) is 13.0 Å². The van der Waals surface area contributed by atoms with Crippen LogP contribution in [0.25, 0.3) is 11.0 Å². The number of primary amides is 1. The molecule has 0 aliphatic rings. The lowest BCUT2D eigenvalue weighted by Gasteiger charge is -2.11. The molecule has 3 rings (SSSR count). The van der Waals surface area contributed by atoms with E-state index in [9.17, 15) is 9.59 Å². The molecule has 5 heteroatoms. The van der Waals surface area contributed by atoms with Gasteiger partial charge in [0, 0.05) is 23.2 Å². The normalized spacial score (nSPS) is 11.0. The maximum Gasteiger partial charge on any atom is 0.267 e. The molecular weight excluding hydrogens is 314 g/mol. The van der Waals surface area contributed by atoms with Gasteiger partial charge in [0.2, 0.25) is 0 Å². The molecule has 3 aromatic rings. The minimum atomic E-state index is -0.573. The second kappa shape index (κ2) is 6.89. The van der Waals surface area contributed by atoms with Gasteiger partial charge in [-0.05, 0) is 31.0 Å². The zero-order valence-electron chi connectivity index (χ0n) is 14.5. The molecule has 25 heavy (non-hydrogen) atoms. The van der Waals surface area contributed by atoms with Gasteiger partial charge in [-0.15, -0.1) is 0 Å². The topological polar surface area (TPSA) is 78.0 Å². The second-order valence-corrected chi connectivity index (χ2v) is 6.13. The molecule has 0 saturated heterocycles. The van der Waals surface area contributed by atoms with Crippen LogP contribution in [0.1, 0.15) is 52.4 Å². The van der Waals surface area contributed by atoms with Gasteiger partial charge in [0.15, 0.2) is 5.78 Å². The molecule has 1 aromatic carbocycles. The van der Waals surface area contributed by atoms with Crippen LogP contribution in [0, 0.1) is 0 Å². The van der Waals surface area contributed by atoms with Gasteiger partial charge in [-0.2, -0.15) is 0 Å². The van der Waals surface area contributed by atoms with Crippen molar-refractivity contribution < 1.29 is 9.59 Å². The number of Topliss-reactive ketones (excluding diaryl/α,β-unsaturated/α-hetero) is 1. The Hall–Kier alpha value is -2.95. The highest BCUT2D eigenvalue weighted by Crippen LogP contribution is 2.28. The average Bonchev–Trinajstić information content (AvgIpc) is 2.89. The molecule has 0 unspecified atom stereocenters. The van der Waals surface area contributed by atoms with Gasteiger partial charge in [0.25, 0.3) is 5.91 Å². The molecule has 0 bridgehead atoms. The summed E-state index contributed by atoms with van der Waals surface area (Å²) in [5.41, 5.74) is 8.99. The third kappa shape index (κ3) is 3.18. The smallest absolute Gasteiger partial charge is 0.267 e. The Morgan fingerprint density at radius 2 is 1.84 bits per heavy atom. The van der Waals surface area contributed by atoms with Crippen molar-refractivity contribution >= 4 is 22.7 Å². The van der Waals surface area contributed by atoms with Crippen LogP contribution in [0.15, 0.2) is 42.5 Å². The van der Waals surface area contributed by atoms with Crippen molar-refractivity contribution in [2.45, 2.75) is 33.2 Å². The number of ketones is 1. The van der Waals surface area contributed by atoms with E-state index in [1.807, 2.05) is 34.9 Å². The highest BCUT2D eigenvalue weighted by Gasteiger charge is 2.21. The Bertz CT molecular complexity index is 942. The van der Waals surface area contributed by atoms with Crippen LogP contribution >= 0.6 is 0 Å². The molecular formula is C20H21N3O2. The van der Waals surface area contributed by atoms with E-state index in [2.05, 4.69) is 11.9 Å². The number of benzene rings is 1. The van der Waals surface area contributed by atoms with Gasteiger partial charge < -0.3 is 10.3 Å². The monoisotopic (exact) mass is 335 g/mol. The summed E-state index contributed by atoms with van der Waals surface area (Å²) < 4.78 is 2.04. The lowest BCUT2D eigenvalue weighted by atomic mass is 10.1. The zero-order chi connectivity index (χ0) is 18.0. The van der Waals surface area contributed by atoms with Gasteiger partial charge in [-0.1, -0.05) is 43.7 Å². The number of nitrogens with zero attached hydrogens (tertiary/aromatic N) is 2. The van der Waals surface area contributed by atoms with E-state index in [1.165, 1.54) is 0 Å². The van der Waals surface area contributed by atoms with Crippen molar-refractivity contribution in [3.8, 4) is 0 Å². The first-order valence-electron chi connectivity index (χ1n) is 8.39. The molecule has 1 amide bonds. The number of nitrogens with two attached hydrogens (primary N) is 1. The van der Waals surface area contributed by atoms with Crippen LogP contribution in [0.5, 0.6) is 0 Å². The second-order valence-electron chi connectivity index (χ2n) is 6.13. The van der Waals surface area contributed by atoms with Crippen molar-refractivity contribution in [1.82, 2.24) is 9.55 Å². The Morgan fingerprint density at radius 1 is 1.12 bits per heavy atom. The maximum atomic E-state index is 12.3. The number of hydrogen-bond donors (Lipinski definition) is 1. The first-order valence-corrected chi connectivity index (χ1v) is 8.39. The first kappa shape index (κ1) is 16.9. The number of carbonyl (C=O) groups excluding carboxylic acids is 2. The third-order valence-electron chi connectivity index (χ3n) is 4.29. The van der Waals surface area contributed by atoms with E-state index in [-0.39, 0.29) is 11.5 Å². The van der Waals surface area contributed by atoms with Crippen LogP contribution < -0.4 is 5.73 Å². The SMILES string of the molecule is CCCc1c(C(C)=O)c2ccc(C(N)=O)nc2n1Cc1ccccc1. The fraction of sp³-hybridized carbons (Fsp3) is 0.250. The third-order valence-corrected chi connectivity index (χ3v) is 4.29. The predicted molar refractivity (Wildman–Crippen MR) is 97.8 cm³/mol. The van der Waals surface area contributed by atoms with Crippen molar-refractivity contribution in [3.63, 3.8) is 0 Å². The summed E-state index contributed by atoms with van der Waals surface area (Å²) in [6.07, 6.45) is 1.68. The summed E-state index contributed by atoms with van der Waals surface area (Å²) in [7, 11) is 0. The molecule has 0 saturated carbocycles. The molecule has 0 radical (unpaired) electrons. The molecule has 5 nitrogen and oxygen atoms in total. The molecule has 0 fully saturated rings. The fourth-order valence-corrected chi connectivity index (χ4v) is 3.23. The first-order chi connectivity index (χ1) is 12.0. The van der Waals surface area contributed by atoms with Crippen LogP contribution in [0.2, 0.25) is 0 Å². The summed E-state index contributed by atoms with van der Waals surface area (Å²) in [6.45, 7) is 4.24. The molecule has 2 N–H and O–H groups in total. The van der Waals surface area contributed by atoms with Crippen molar-refractivity contribution in [2.75, 3.05) is 0 Å². The summed E-state index contributed by atoms with van der Waals surface area (Å²) in [6, 6.07) is 13.4. The fourth-order valence-electron chi connectivity index (χ4n) is 3.23. The minimum Gasteiger partial charge on any atom is -0.364 e. The highest BCUT2D eigenvalue weighted by atomic mass is 16.1. The summed E-state index contributed by atoms with van der Waals surface area (Å²) in [4.78, 5) is 28.3. The molecule has 128 valence electrons. The molecule has 2 heterocycles. The Balaban J connectivity index is 2.29. The number of carbonyl (C=O) groups is 2. The van der Waals surface area contributed by atoms with Gasteiger partial charge in [0.1, 0.15) is 11.3 Å².